The predicted octanol–water partition coefficient (Wildman–Crippen LogP) is 0.620. The van der Waals surface area contributed by atoms with Crippen LogP contribution in [0.4, 0.5) is 0 Å². The van der Waals surface area contributed by atoms with Gasteiger partial charge in [-0.05, 0) is 30.3 Å². The molecule has 0 radical (unpaired) electrons. The monoisotopic (exact) mass is 335 g/mol. The maximum absolute atomic E-state index is 12.4. The molecule has 0 aliphatic carbocycles. The molecule has 2 aliphatic rings. The first-order chi connectivity index (χ1) is 9.87. The Labute approximate surface area is 129 Å². The van der Waals surface area contributed by atoms with Gasteiger partial charge in [-0.1, -0.05) is 0 Å². The summed E-state index contributed by atoms with van der Waals surface area (Å²) in [7, 11) is -3.24. The Hall–Kier alpha value is -0.760. The van der Waals surface area contributed by atoms with Crippen molar-refractivity contribution in [3.8, 4) is 0 Å². The number of rotatable bonds is 4. The minimum absolute atomic E-state index is 0.0601. The lowest BCUT2D eigenvalue weighted by atomic mass is 9.97. The number of carboxylic acid groups (broad SMARTS) is 1. The van der Waals surface area contributed by atoms with E-state index < -0.39 is 21.8 Å². The molecule has 21 heavy (non-hydrogen) atoms. The summed E-state index contributed by atoms with van der Waals surface area (Å²) in [5.41, 5.74) is 0. The van der Waals surface area contributed by atoms with Crippen LogP contribution >= 0.6 is 11.8 Å². The van der Waals surface area contributed by atoms with Crippen molar-refractivity contribution in [2.75, 3.05) is 29.6 Å². The summed E-state index contributed by atoms with van der Waals surface area (Å²) in [6, 6.07) is -0.716. The van der Waals surface area contributed by atoms with Gasteiger partial charge >= 0.3 is 5.97 Å². The first-order valence-electron chi connectivity index (χ1n) is 7.17. The molecular formula is C13H21NO5S2. The molecule has 6 nitrogen and oxygen atoms in total. The second-order valence-corrected chi connectivity index (χ2v) is 9.17. The highest BCUT2D eigenvalue weighted by Crippen LogP contribution is 2.27. The summed E-state index contributed by atoms with van der Waals surface area (Å²) >= 11 is 1.89. The molecule has 8 heteroatoms. The Morgan fingerprint density at radius 2 is 1.86 bits per heavy atom. The van der Waals surface area contributed by atoms with Gasteiger partial charge in [0, 0.05) is 13.0 Å². The lowest BCUT2D eigenvalue weighted by molar-refractivity contribution is -0.140. The summed E-state index contributed by atoms with van der Waals surface area (Å²) in [4.78, 5) is 24.8. The Morgan fingerprint density at radius 3 is 2.48 bits per heavy atom. The number of carboxylic acids is 1. The molecule has 1 amide bonds. The first-order valence-corrected chi connectivity index (χ1v) is 10.1. The van der Waals surface area contributed by atoms with Crippen LogP contribution in [-0.4, -0.2) is 65.9 Å². The number of thioether (sulfide) groups is 1. The second kappa shape index (κ2) is 7.00. The van der Waals surface area contributed by atoms with E-state index in [-0.39, 0.29) is 30.4 Å². The van der Waals surface area contributed by atoms with Gasteiger partial charge in [0.25, 0.3) is 0 Å². The van der Waals surface area contributed by atoms with Crippen LogP contribution in [0.15, 0.2) is 0 Å². The van der Waals surface area contributed by atoms with Gasteiger partial charge in [-0.3, -0.25) is 9.59 Å². The highest BCUT2D eigenvalue weighted by molar-refractivity contribution is 7.99. The highest BCUT2D eigenvalue weighted by Gasteiger charge is 2.35. The van der Waals surface area contributed by atoms with Gasteiger partial charge < -0.3 is 10.0 Å². The summed E-state index contributed by atoms with van der Waals surface area (Å²) in [5, 5.41) is 8.92. The van der Waals surface area contributed by atoms with Crippen LogP contribution in [0.3, 0.4) is 0 Å². The molecule has 0 aromatic heterocycles. The number of amides is 1. The molecule has 1 atom stereocenters. The van der Waals surface area contributed by atoms with Crippen LogP contribution < -0.4 is 0 Å². The van der Waals surface area contributed by atoms with E-state index in [2.05, 4.69) is 0 Å². The van der Waals surface area contributed by atoms with Gasteiger partial charge in [0.1, 0.15) is 0 Å². The molecule has 1 N–H and O–H groups in total. The van der Waals surface area contributed by atoms with E-state index in [1.165, 1.54) is 4.90 Å². The molecule has 0 aromatic rings. The average Bonchev–Trinajstić information content (AvgIpc) is 2.38. The molecule has 120 valence electrons. The number of hydrogen-bond donors (Lipinski definition) is 1. The Bertz CT molecular complexity index is 499. The fourth-order valence-electron chi connectivity index (χ4n) is 2.90. The van der Waals surface area contributed by atoms with Crippen molar-refractivity contribution >= 4 is 33.5 Å². The fourth-order valence-corrected chi connectivity index (χ4v) is 5.63. The van der Waals surface area contributed by atoms with E-state index in [9.17, 15) is 18.0 Å². The van der Waals surface area contributed by atoms with E-state index in [4.69, 9.17) is 5.11 Å². The zero-order valence-electron chi connectivity index (χ0n) is 11.9. The van der Waals surface area contributed by atoms with Gasteiger partial charge in [-0.25, -0.2) is 8.42 Å². The Balaban J connectivity index is 2.00. The zero-order chi connectivity index (χ0) is 15.5. The van der Waals surface area contributed by atoms with Crippen molar-refractivity contribution in [3.63, 3.8) is 0 Å². The van der Waals surface area contributed by atoms with Crippen molar-refractivity contribution in [1.29, 1.82) is 0 Å². The standard InChI is InChI=1S/C13H21NO5S2/c15-12(7-10-1-4-20-5-2-10)14-3-6-21(18,19)9-11(14)8-13(16)17/h10-11H,1-9H2,(H,16,17). The van der Waals surface area contributed by atoms with E-state index in [0.29, 0.717) is 12.3 Å². The third-order valence-corrected chi connectivity index (χ3v) is 6.81. The molecule has 0 bridgehead atoms. The lowest BCUT2D eigenvalue weighted by Crippen LogP contribution is -2.52. The van der Waals surface area contributed by atoms with Gasteiger partial charge in [0.2, 0.25) is 5.91 Å². The predicted molar refractivity (Wildman–Crippen MR) is 81.1 cm³/mol. The van der Waals surface area contributed by atoms with Crippen molar-refractivity contribution in [2.24, 2.45) is 5.92 Å². The largest absolute Gasteiger partial charge is 0.481 e. The number of sulfone groups is 1. The SMILES string of the molecule is O=C(O)CC1CS(=O)(=O)CCN1C(=O)CC1CCSCC1. The maximum atomic E-state index is 12.4. The molecule has 0 spiro atoms. The lowest BCUT2D eigenvalue weighted by Gasteiger charge is -2.36. The zero-order valence-corrected chi connectivity index (χ0v) is 13.5. The smallest absolute Gasteiger partial charge is 0.305 e. The Morgan fingerprint density at radius 1 is 1.19 bits per heavy atom. The van der Waals surface area contributed by atoms with Gasteiger partial charge in [0.05, 0.1) is 24.0 Å². The van der Waals surface area contributed by atoms with Crippen LogP contribution in [0.1, 0.15) is 25.7 Å². The van der Waals surface area contributed by atoms with E-state index in [1.54, 1.807) is 0 Å². The topological polar surface area (TPSA) is 91.8 Å². The summed E-state index contributed by atoms with van der Waals surface area (Å²) in [6.07, 6.45) is 2.13. The number of carbonyl (C=O) groups excluding carboxylic acids is 1. The quantitative estimate of drug-likeness (QED) is 0.810. The average molecular weight is 335 g/mol. The number of nitrogens with zero attached hydrogens (tertiary/aromatic N) is 1. The summed E-state index contributed by atoms with van der Waals surface area (Å²) < 4.78 is 23.3. The van der Waals surface area contributed by atoms with Crippen LogP contribution in [0.25, 0.3) is 0 Å². The molecule has 2 saturated heterocycles. The Kier molecular flexibility index (Phi) is 5.54. The van der Waals surface area contributed by atoms with Gasteiger partial charge in [-0.15, -0.1) is 0 Å². The molecular weight excluding hydrogens is 314 g/mol. The van der Waals surface area contributed by atoms with Crippen LogP contribution in [0, 0.1) is 5.92 Å². The number of carbonyl (C=O) groups is 2. The molecule has 0 saturated carbocycles. The minimum atomic E-state index is -3.24. The van der Waals surface area contributed by atoms with E-state index >= 15 is 0 Å². The third-order valence-electron chi connectivity index (χ3n) is 4.07. The van der Waals surface area contributed by atoms with E-state index in [0.717, 1.165) is 24.3 Å². The van der Waals surface area contributed by atoms with Crippen LogP contribution in [-0.2, 0) is 19.4 Å². The number of aliphatic carboxylic acids is 1. The van der Waals surface area contributed by atoms with E-state index in [1.807, 2.05) is 11.8 Å². The third kappa shape index (κ3) is 4.88. The molecule has 0 aromatic carbocycles. The van der Waals surface area contributed by atoms with Crippen molar-refractivity contribution in [2.45, 2.75) is 31.7 Å². The normalized spacial score (nSPS) is 26.5. The molecule has 2 rings (SSSR count). The van der Waals surface area contributed by atoms with Crippen molar-refractivity contribution < 1.29 is 23.1 Å². The number of hydrogen-bond acceptors (Lipinski definition) is 5. The maximum Gasteiger partial charge on any atom is 0.305 e. The molecule has 1 unspecified atom stereocenters. The van der Waals surface area contributed by atoms with Crippen molar-refractivity contribution in [3.05, 3.63) is 0 Å². The van der Waals surface area contributed by atoms with Crippen LogP contribution in [0.5, 0.6) is 0 Å². The molecule has 2 fully saturated rings. The van der Waals surface area contributed by atoms with Crippen LogP contribution in [0.2, 0.25) is 0 Å². The summed E-state index contributed by atoms with van der Waals surface area (Å²) in [5.74, 6) is 1.02. The molecule has 2 heterocycles. The highest BCUT2D eigenvalue weighted by atomic mass is 32.2. The van der Waals surface area contributed by atoms with Gasteiger partial charge in [-0.2, -0.15) is 11.8 Å². The molecule has 2 aliphatic heterocycles. The second-order valence-electron chi connectivity index (χ2n) is 5.71. The fraction of sp³-hybridized carbons (Fsp3) is 0.846. The van der Waals surface area contributed by atoms with Crippen molar-refractivity contribution in [1.82, 2.24) is 4.90 Å². The first kappa shape index (κ1) is 16.6. The summed E-state index contributed by atoms with van der Waals surface area (Å²) in [6.45, 7) is 0.126. The van der Waals surface area contributed by atoms with Gasteiger partial charge in [0.15, 0.2) is 9.84 Å². The minimum Gasteiger partial charge on any atom is -0.481 e.